The molecular formula is C11H17NO2. The van der Waals surface area contributed by atoms with Crippen molar-refractivity contribution in [2.75, 3.05) is 6.54 Å². The summed E-state index contributed by atoms with van der Waals surface area (Å²) in [5.41, 5.74) is 0.0540. The van der Waals surface area contributed by atoms with Crippen molar-refractivity contribution in [1.29, 1.82) is 0 Å². The second-order valence-electron chi connectivity index (χ2n) is 4.09. The zero-order chi connectivity index (χ0) is 10.6. The Bertz CT molecular complexity index is 270. The highest BCUT2D eigenvalue weighted by molar-refractivity contribution is 5.72. The number of hydrogen-bond donors (Lipinski definition) is 2. The summed E-state index contributed by atoms with van der Waals surface area (Å²) in [5.74, 6) is -0.802. The topological polar surface area (TPSA) is 49.3 Å². The van der Waals surface area contributed by atoms with E-state index in [1.54, 1.807) is 6.92 Å². The average Bonchev–Trinajstić information content (AvgIpc) is 2.15. The smallest absolute Gasteiger partial charge is 0.320 e. The summed E-state index contributed by atoms with van der Waals surface area (Å²) in [6.45, 7) is 4.48. The van der Waals surface area contributed by atoms with Gasteiger partial charge in [0.15, 0.2) is 0 Å². The van der Waals surface area contributed by atoms with E-state index < -0.39 is 12.0 Å². The predicted octanol–water partition coefficient (Wildman–Crippen LogP) is 1.57. The van der Waals surface area contributed by atoms with E-state index in [1.165, 1.54) is 0 Å². The number of carbonyl (C=O) groups is 1. The van der Waals surface area contributed by atoms with Gasteiger partial charge in [0.05, 0.1) is 0 Å². The molecule has 14 heavy (non-hydrogen) atoms. The van der Waals surface area contributed by atoms with E-state index in [0.717, 1.165) is 6.42 Å². The Morgan fingerprint density at radius 1 is 1.64 bits per heavy atom. The minimum absolute atomic E-state index is 0.0540. The van der Waals surface area contributed by atoms with Gasteiger partial charge in [-0.3, -0.25) is 4.79 Å². The zero-order valence-corrected chi connectivity index (χ0v) is 8.66. The monoisotopic (exact) mass is 195 g/mol. The van der Waals surface area contributed by atoms with Crippen LogP contribution < -0.4 is 5.32 Å². The largest absolute Gasteiger partial charge is 0.480 e. The minimum Gasteiger partial charge on any atom is -0.480 e. The first-order valence-electron chi connectivity index (χ1n) is 4.84. The zero-order valence-electron chi connectivity index (χ0n) is 8.66. The summed E-state index contributed by atoms with van der Waals surface area (Å²) in [7, 11) is 0. The lowest BCUT2D eigenvalue weighted by Gasteiger charge is -2.27. The molecule has 1 rings (SSSR count). The fourth-order valence-corrected chi connectivity index (χ4v) is 1.38. The first-order valence-corrected chi connectivity index (χ1v) is 4.84. The molecule has 1 aliphatic rings. The first-order chi connectivity index (χ1) is 6.53. The van der Waals surface area contributed by atoms with Gasteiger partial charge in [-0.15, -0.1) is 0 Å². The molecule has 0 aromatic carbocycles. The van der Waals surface area contributed by atoms with Gasteiger partial charge in [-0.25, -0.2) is 0 Å². The van der Waals surface area contributed by atoms with Gasteiger partial charge in [0.1, 0.15) is 6.04 Å². The molecular weight excluding hydrogens is 178 g/mol. The highest BCUT2D eigenvalue weighted by atomic mass is 16.4. The maximum Gasteiger partial charge on any atom is 0.320 e. The number of carboxylic acids is 1. The van der Waals surface area contributed by atoms with Crippen molar-refractivity contribution in [1.82, 2.24) is 5.32 Å². The third-order valence-corrected chi connectivity index (χ3v) is 2.51. The molecule has 1 aliphatic carbocycles. The standard InChI is InChI=1S/C11H17NO2/c1-9(10(13)14)12-8-11(2)6-4-3-5-7-11/h3-6,9,12H,7-8H2,1-2H3,(H,13,14)/t9-,11?/m0/s1. The lowest BCUT2D eigenvalue weighted by molar-refractivity contribution is -0.139. The maximum atomic E-state index is 10.6. The molecule has 2 N–H and O–H groups in total. The van der Waals surface area contributed by atoms with Crippen LogP contribution in [0.15, 0.2) is 24.3 Å². The fraction of sp³-hybridized carbons (Fsp3) is 0.545. The van der Waals surface area contributed by atoms with Gasteiger partial charge in [0.2, 0.25) is 0 Å². The fourth-order valence-electron chi connectivity index (χ4n) is 1.38. The van der Waals surface area contributed by atoms with Crippen molar-refractivity contribution in [2.45, 2.75) is 26.3 Å². The van der Waals surface area contributed by atoms with Gasteiger partial charge in [0, 0.05) is 12.0 Å². The van der Waals surface area contributed by atoms with Crippen molar-refractivity contribution in [3.05, 3.63) is 24.3 Å². The summed E-state index contributed by atoms with van der Waals surface area (Å²) < 4.78 is 0. The molecule has 2 atom stereocenters. The van der Waals surface area contributed by atoms with Gasteiger partial charge < -0.3 is 10.4 Å². The number of carboxylic acid groups (broad SMARTS) is 1. The van der Waals surface area contributed by atoms with E-state index in [1.807, 2.05) is 12.2 Å². The third kappa shape index (κ3) is 3.00. The molecule has 0 amide bonds. The van der Waals surface area contributed by atoms with Gasteiger partial charge >= 0.3 is 5.97 Å². The molecule has 0 spiro atoms. The molecule has 78 valence electrons. The molecule has 0 aromatic rings. The van der Waals surface area contributed by atoms with Crippen molar-refractivity contribution < 1.29 is 9.90 Å². The van der Waals surface area contributed by atoms with Crippen LogP contribution in [0.25, 0.3) is 0 Å². The molecule has 0 radical (unpaired) electrons. The Balaban J connectivity index is 2.41. The Hall–Kier alpha value is -1.09. The maximum absolute atomic E-state index is 10.6. The molecule has 3 nitrogen and oxygen atoms in total. The van der Waals surface area contributed by atoms with Gasteiger partial charge in [-0.1, -0.05) is 31.2 Å². The SMILES string of the molecule is C[C@H](NCC1(C)C=CC=CC1)C(=O)O. The van der Waals surface area contributed by atoms with Crippen LogP contribution in [0.3, 0.4) is 0 Å². The van der Waals surface area contributed by atoms with Crippen LogP contribution in [0.5, 0.6) is 0 Å². The number of aliphatic carboxylic acids is 1. The molecule has 0 fully saturated rings. The van der Waals surface area contributed by atoms with Gasteiger partial charge in [0.25, 0.3) is 0 Å². The highest BCUT2D eigenvalue weighted by Gasteiger charge is 2.22. The van der Waals surface area contributed by atoms with Crippen LogP contribution in [-0.4, -0.2) is 23.7 Å². The van der Waals surface area contributed by atoms with E-state index in [-0.39, 0.29) is 5.41 Å². The quantitative estimate of drug-likeness (QED) is 0.716. The Kier molecular flexibility index (Phi) is 3.47. The molecule has 0 aliphatic heterocycles. The summed E-state index contributed by atoms with van der Waals surface area (Å²) in [6.07, 6.45) is 9.21. The second kappa shape index (κ2) is 4.42. The molecule has 0 heterocycles. The normalized spacial score (nSPS) is 27.6. The van der Waals surface area contributed by atoms with E-state index in [0.29, 0.717) is 6.54 Å². The van der Waals surface area contributed by atoms with Crippen LogP contribution in [0, 0.1) is 5.41 Å². The van der Waals surface area contributed by atoms with Crippen LogP contribution in [0.4, 0.5) is 0 Å². The molecule has 3 heteroatoms. The summed E-state index contributed by atoms with van der Waals surface area (Å²) in [5, 5.41) is 11.7. The van der Waals surface area contributed by atoms with Crippen molar-refractivity contribution in [2.24, 2.45) is 5.41 Å². The van der Waals surface area contributed by atoms with E-state index in [2.05, 4.69) is 24.4 Å². The van der Waals surface area contributed by atoms with Crippen LogP contribution >= 0.6 is 0 Å². The van der Waals surface area contributed by atoms with Gasteiger partial charge in [-0.05, 0) is 13.3 Å². The Morgan fingerprint density at radius 2 is 2.36 bits per heavy atom. The van der Waals surface area contributed by atoms with Crippen molar-refractivity contribution in [3.8, 4) is 0 Å². The molecule has 0 saturated carbocycles. The van der Waals surface area contributed by atoms with Gasteiger partial charge in [-0.2, -0.15) is 0 Å². The minimum atomic E-state index is -0.802. The Labute approximate surface area is 84.5 Å². The molecule has 0 saturated heterocycles. The lowest BCUT2D eigenvalue weighted by Crippen LogP contribution is -2.40. The Morgan fingerprint density at radius 3 is 2.86 bits per heavy atom. The molecule has 0 bridgehead atoms. The highest BCUT2D eigenvalue weighted by Crippen LogP contribution is 2.25. The average molecular weight is 195 g/mol. The lowest BCUT2D eigenvalue weighted by atomic mass is 9.83. The summed E-state index contributed by atoms with van der Waals surface area (Å²) >= 11 is 0. The first kappa shape index (κ1) is 11.0. The second-order valence-corrected chi connectivity index (χ2v) is 4.09. The van der Waals surface area contributed by atoms with E-state index in [9.17, 15) is 4.79 Å². The van der Waals surface area contributed by atoms with E-state index >= 15 is 0 Å². The summed E-state index contributed by atoms with van der Waals surface area (Å²) in [6, 6.07) is -0.480. The number of nitrogens with one attached hydrogen (secondary N) is 1. The van der Waals surface area contributed by atoms with Crippen LogP contribution in [-0.2, 0) is 4.79 Å². The summed E-state index contributed by atoms with van der Waals surface area (Å²) in [4.78, 5) is 10.6. The predicted molar refractivity (Wildman–Crippen MR) is 56.1 cm³/mol. The van der Waals surface area contributed by atoms with Crippen molar-refractivity contribution >= 4 is 5.97 Å². The van der Waals surface area contributed by atoms with E-state index in [4.69, 9.17) is 5.11 Å². The number of rotatable bonds is 4. The third-order valence-electron chi connectivity index (χ3n) is 2.51. The number of allylic oxidation sites excluding steroid dienone is 3. The van der Waals surface area contributed by atoms with Crippen LogP contribution in [0.2, 0.25) is 0 Å². The van der Waals surface area contributed by atoms with Crippen LogP contribution in [0.1, 0.15) is 20.3 Å². The van der Waals surface area contributed by atoms with Crippen molar-refractivity contribution in [3.63, 3.8) is 0 Å². The number of hydrogen-bond acceptors (Lipinski definition) is 2. The molecule has 0 aromatic heterocycles. The molecule has 1 unspecified atom stereocenters.